The Balaban J connectivity index is 2.57. The Labute approximate surface area is 133 Å². The molecule has 0 radical (unpaired) electrons. The van der Waals surface area contributed by atoms with Crippen molar-refractivity contribution < 1.29 is 35.9 Å². The molecule has 10 heteroatoms. The Morgan fingerprint density at radius 2 is 1.67 bits per heavy atom. The second-order valence-corrected chi connectivity index (χ2v) is 6.22. The highest BCUT2D eigenvalue weighted by Gasteiger charge is 2.37. The van der Waals surface area contributed by atoms with Crippen molar-refractivity contribution in [3.63, 3.8) is 0 Å². The fourth-order valence-electron chi connectivity index (χ4n) is 1.96. The standard InChI is InChI=1S/C14H9F4NO4S/c15-9-5-3-6-10(12(9)13(20)21)19-24(22,23)11-7-2-1-4-8(11)14(16,17)18/h1-7,19H,(H,20,21). The maximum atomic E-state index is 13.6. The van der Waals surface area contributed by atoms with E-state index in [1.165, 1.54) is 0 Å². The number of benzene rings is 2. The first-order valence-electron chi connectivity index (χ1n) is 6.25. The summed E-state index contributed by atoms with van der Waals surface area (Å²) in [5.74, 6) is -3.00. The molecular formula is C14H9F4NO4S. The molecule has 24 heavy (non-hydrogen) atoms. The first-order chi connectivity index (χ1) is 11.0. The van der Waals surface area contributed by atoms with Gasteiger partial charge in [0.1, 0.15) is 11.4 Å². The van der Waals surface area contributed by atoms with Gasteiger partial charge >= 0.3 is 12.1 Å². The average molecular weight is 363 g/mol. The van der Waals surface area contributed by atoms with Crippen LogP contribution in [0.2, 0.25) is 0 Å². The van der Waals surface area contributed by atoms with E-state index in [2.05, 4.69) is 0 Å². The highest BCUT2D eigenvalue weighted by atomic mass is 32.2. The van der Waals surface area contributed by atoms with Crippen molar-refractivity contribution in [3.05, 3.63) is 59.4 Å². The summed E-state index contributed by atoms with van der Waals surface area (Å²) in [5, 5.41) is 8.94. The molecule has 0 saturated carbocycles. The van der Waals surface area contributed by atoms with Gasteiger partial charge < -0.3 is 5.11 Å². The van der Waals surface area contributed by atoms with Crippen LogP contribution in [0.15, 0.2) is 47.4 Å². The Morgan fingerprint density at radius 3 is 2.25 bits per heavy atom. The highest BCUT2D eigenvalue weighted by molar-refractivity contribution is 7.92. The zero-order valence-corrected chi connectivity index (χ0v) is 12.5. The molecule has 0 atom stereocenters. The minimum Gasteiger partial charge on any atom is -0.478 e. The number of hydrogen-bond donors (Lipinski definition) is 2. The molecule has 0 fully saturated rings. The molecule has 0 amide bonds. The lowest BCUT2D eigenvalue weighted by molar-refractivity contribution is -0.139. The summed E-state index contributed by atoms with van der Waals surface area (Å²) in [5.41, 5.74) is -3.10. The zero-order valence-electron chi connectivity index (χ0n) is 11.6. The van der Waals surface area contributed by atoms with Gasteiger partial charge in [-0.15, -0.1) is 0 Å². The normalized spacial score (nSPS) is 12.0. The largest absolute Gasteiger partial charge is 0.478 e. The monoisotopic (exact) mass is 363 g/mol. The second kappa shape index (κ2) is 6.11. The number of alkyl halides is 3. The zero-order chi connectivity index (χ0) is 18.1. The Bertz CT molecular complexity index is 894. The molecule has 0 aliphatic carbocycles. The molecule has 0 aromatic heterocycles. The summed E-state index contributed by atoms with van der Waals surface area (Å²) in [6.07, 6.45) is -4.94. The number of carboxylic acids is 1. The van der Waals surface area contributed by atoms with Crippen LogP contribution >= 0.6 is 0 Å². The lowest BCUT2D eigenvalue weighted by Crippen LogP contribution is -2.20. The average Bonchev–Trinajstić information content (AvgIpc) is 2.45. The lowest BCUT2D eigenvalue weighted by Gasteiger charge is -2.15. The van der Waals surface area contributed by atoms with Gasteiger partial charge in [-0.05, 0) is 24.3 Å². The molecule has 0 bridgehead atoms. The third-order valence-corrected chi connectivity index (χ3v) is 4.38. The van der Waals surface area contributed by atoms with Crippen LogP contribution in [0.25, 0.3) is 0 Å². The van der Waals surface area contributed by atoms with Crippen LogP contribution in [0.1, 0.15) is 15.9 Å². The first kappa shape index (κ1) is 17.7. The molecule has 2 aromatic rings. The number of halogens is 4. The van der Waals surface area contributed by atoms with Crippen molar-refractivity contribution in [2.75, 3.05) is 4.72 Å². The lowest BCUT2D eigenvalue weighted by atomic mass is 10.2. The maximum Gasteiger partial charge on any atom is 0.417 e. The van der Waals surface area contributed by atoms with E-state index in [0.29, 0.717) is 12.1 Å². The summed E-state index contributed by atoms with van der Waals surface area (Å²) in [7, 11) is -4.80. The van der Waals surface area contributed by atoms with Crippen LogP contribution in [0, 0.1) is 5.82 Å². The second-order valence-electron chi connectivity index (χ2n) is 4.57. The molecule has 5 nitrogen and oxygen atoms in total. The number of rotatable bonds is 4. The van der Waals surface area contributed by atoms with E-state index in [9.17, 15) is 30.8 Å². The molecule has 0 unspecified atom stereocenters. The highest BCUT2D eigenvalue weighted by Crippen LogP contribution is 2.35. The van der Waals surface area contributed by atoms with E-state index in [4.69, 9.17) is 5.11 Å². The smallest absolute Gasteiger partial charge is 0.417 e. The summed E-state index contributed by atoms with van der Waals surface area (Å²) in [6.45, 7) is 0. The number of anilines is 1. The number of nitrogens with one attached hydrogen (secondary N) is 1. The van der Waals surface area contributed by atoms with Gasteiger partial charge in [0, 0.05) is 0 Å². The maximum absolute atomic E-state index is 13.6. The van der Waals surface area contributed by atoms with E-state index in [1.54, 1.807) is 4.72 Å². The van der Waals surface area contributed by atoms with Crippen LogP contribution in [0.4, 0.5) is 23.2 Å². The van der Waals surface area contributed by atoms with Crippen molar-refractivity contribution in [2.45, 2.75) is 11.1 Å². The van der Waals surface area contributed by atoms with Gasteiger partial charge in [-0.2, -0.15) is 13.2 Å². The molecule has 0 aliphatic rings. The van der Waals surface area contributed by atoms with Gasteiger partial charge in [-0.25, -0.2) is 17.6 Å². The topological polar surface area (TPSA) is 83.5 Å². The quantitative estimate of drug-likeness (QED) is 0.816. The van der Waals surface area contributed by atoms with Crippen LogP contribution in [-0.4, -0.2) is 19.5 Å². The van der Waals surface area contributed by atoms with E-state index < -0.39 is 49.7 Å². The summed E-state index contributed by atoms with van der Waals surface area (Å²) in [6, 6.07) is 6.10. The molecular weight excluding hydrogens is 354 g/mol. The van der Waals surface area contributed by atoms with E-state index in [0.717, 1.165) is 30.3 Å². The fraction of sp³-hybridized carbons (Fsp3) is 0.0714. The number of sulfonamides is 1. The van der Waals surface area contributed by atoms with Crippen LogP contribution in [-0.2, 0) is 16.2 Å². The molecule has 0 heterocycles. The molecule has 0 spiro atoms. The van der Waals surface area contributed by atoms with Gasteiger partial charge in [-0.1, -0.05) is 18.2 Å². The van der Waals surface area contributed by atoms with Gasteiger partial charge in [-0.3, -0.25) is 4.72 Å². The van der Waals surface area contributed by atoms with Gasteiger partial charge in [0.15, 0.2) is 0 Å². The van der Waals surface area contributed by atoms with Crippen molar-refractivity contribution >= 4 is 21.7 Å². The minimum atomic E-state index is -4.94. The molecule has 128 valence electrons. The number of hydrogen-bond acceptors (Lipinski definition) is 3. The predicted molar refractivity (Wildman–Crippen MR) is 75.6 cm³/mol. The first-order valence-corrected chi connectivity index (χ1v) is 7.73. The molecule has 2 N–H and O–H groups in total. The van der Waals surface area contributed by atoms with Crippen molar-refractivity contribution in [1.82, 2.24) is 0 Å². The minimum absolute atomic E-state index is 0.568. The van der Waals surface area contributed by atoms with E-state index in [1.807, 2.05) is 0 Å². The SMILES string of the molecule is O=C(O)c1c(F)cccc1NS(=O)(=O)c1ccccc1C(F)(F)F. The summed E-state index contributed by atoms with van der Waals surface area (Å²) >= 11 is 0. The van der Waals surface area contributed by atoms with Gasteiger partial charge in [0.05, 0.1) is 16.1 Å². The number of aromatic carboxylic acids is 1. The molecule has 2 aromatic carbocycles. The van der Waals surface area contributed by atoms with Gasteiger partial charge in [0.2, 0.25) is 0 Å². The van der Waals surface area contributed by atoms with Crippen LogP contribution < -0.4 is 4.72 Å². The van der Waals surface area contributed by atoms with Crippen LogP contribution in [0.5, 0.6) is 0 Å². The van der Waals surface area contributed by atoms with Gasteiger partial charge in [0.25, 0.3) is 10.0 Å². The Kier molecular flexibility index (Phi) is 4.52. The Hall–Kier alpha value is -2.62. The molecule has 2 rings (SSSR count). The fourth-order valence-corrected chi connectivity index (χ4v) is 3.26. The summed E-state index contributed by atoms with van der Waals surface area (Å²) < 4.78 is 78.5. The van der Waals surface area contributed by atoms with Crippen LogP contribution in [0.3, 0.4) is 0 Å². The van der Waals surface area contributed by atoms with E-state index >= 15 is 0 Å². The van der Waals surface area contributed by atoms with E-state index in [-0.39, 0.29) is 0 Å². The third-order valence-electron chi connectivity index (χ3n) is 2.95. The Morgan fingerprint density at radius 1 is 1.04 bits per heavy atom. The molecule has 0 aliphatic heterocycles. The number of carboxylic acid groups (broad SMARTS) is 1. The van der Waals surface area contributed by atoms with Crippen molar-refractivity contribution in [2.24, 2.45) is 0 Å². The predicted octanol–water partition coefficient (Wildman–Crippen LogP) is 3.34. The van der Waals surface area contributed by atoms with Crippen molar-refractivity contribution in [1.29, 1.82) is 0 Å². The summed E-state index contributed by atoms with van der Waals surface area (Å²) in [4.78, 5) is 9.94. The number of carbonyl (C=O) groups is 1. The molecule has 0 saturated heterocycles. The third kappa shape index (κ3) is 3.48. The van der Waals surface area contributed by atoms with Crippen molar-refractivity contribution in [3.8, 4) is 0 Å².